The van der Waals surface area contributed by atoms with Crippen molar-refractivity contribution in [1.82, 2.24) is 10.2 Å². The SMILES string of the molecule is CCNC(=O)C(Cc1ccccc1)N(Cc1ccc(Cl)cc1)C(=O)COc1cc(OC)cc(OC)c1. The number of carbonyl (C=O) groups excluding carboxylic acids is 2. The number of likely N-dealkylation sites (N-methyl/N-ethyl adjacent to an activating group) is 1. The molecule has 0 fully saturated rings. The first-order valence-electron chi connectivity index (χ1n) is 11.6. The second-order valence-electron chi connectivity index (χ2n) is 8.09. The van der Waals surface area contributed by atoms with Crippen LogP contribution >= 0.6 is 11.6 Å². The molecule has 8 heteroatoms. The lowest BCUT2D eigenvalue weighted by molar-refractivity contribution is -0.142. The van der Waals surface area contributed by atoms with Gasteiger partial charge in [0.15, 0.2) is 6.61 Å². The summed E-state index contributed by atoms with van der Waals surface area (Å²) in [6.07, 6.45) is 0.360. The Labute approximate surface area is 216 Å². The summed E-state index contributed by atoms with van der Waals surface area (Å²) in [5.41, 5.74) is 1.79. The topological polar surface area (TPSA) is 77.1 Å². The highest BCUT2D eigenvalue weighted by atomic mass is 35.5. The molecule has 0 aliphatic rings. The van der Waals surface area contributed by atoms with Gasteiger partial charge in [-0.1, -0.05) is 54.1 Å². The van der Waals surface area contributed by atoms with Gasteiger partial charge in [0.05, 0.1) is 14.2 Å². The molecular weight excluding hydrogens is 480 g/mol. The third kappa shape index (κ3) is 7.65. The number of methoxy groups -OCH3 is 2. The van der Waals surface area contributed by atoms with Crippen LogP contribution in [0.15, 0.2) is 72.8 Å². The second-order valence-corrected chi connectivity index (χ2v) is 8.52. The first kappa shape index (κ1) is 26.9. The molecule has 3 aromatic carbocycles. The third-order valence-corrected chi connectivity index (χ3v) is 5.83. The summed E-state index contributed by atoms with van der Waals surface area (Å²) in [5.74, 6) is 0.937. The van der Waals surface area contributed by atoms with E-state index in [1.807, 2.05) is 49.4 Å². The van der Waals surface area contributed by atoms with Crippen LogP contribution in [0.3, 0.4) is 0 Å². The number of rotatable bonds is 12. The maximum Gasteiger partial charge on any atom is 0.261 e. The predicted octanol–water partition coefficient (Wildman–Crippen LogP) is 4.51. The molecule has 3 aromatic rings. The molecule has 0 aliphatic carbocycles. The van der Waals surface area contributed by atoms with E-state index in [0.717, 1.165) is 11.1 Å². The maximum absolute atomic E-state index is 13.6. The average molecular weight is 511 g/mol. The maximum atomic E-state index is 13.6. The summed E-state index contributed by atoms with van der Waals surface area (Å²) in [6.45, 7) is 2.25. The highest BCUT2D eigenvalue weighted by molar-refractivity contribution is 6.30. The minimum absolute atomic E-state index is 0.218. The molecule has 36 heavy (non-hydrogen) atoms. The summed E-state index contributed by atoms with van der Waals surface area (Å²) >= 11 is 6.05. The second kappa shape index (κ2) is 13.4. The summed E-state index contributed by atoms with van der Waals surface area (Å²) in [4.78, 5) is 28.3. The molecule has 0 radical (unpaired) electrons. The number of nitrogens with one attached hydrogen (secondary N) is 1. The van der Waals surface area contributed by atoms with Gasteiger partial charge < -0.3 is 24.4 Å². The number of amides is 2. The lowest BCUT2D eigenvalue weighted by atomic mass is 10.0. The minimum Gasteiger partial charge on any atom is -0.496 e. The van der Waals surface area contributed by atoms with Crippen molar-refractivity contribution >= 4 is 23.4 Å². The van der Waals surface area contributed by atoms with Crippen LogP contribution in [0.5, 0.6) is 17.2 Å². The van der Waals surface area contributed by atoms with E-state index in [1.54, 1.807) is 35.2 Å². The van der Waals surface area contributed by atoms with Gasteiger partial charge in [-0.25, -0.2) is 0 Å². The van der Waals surface area contributed by atoms with Gasteiger partial charge in [0.2, 0.25) is 5.91 Å². The third-order valence-electron chi connectivity index (χ3n) is 5.58. The highest BCUT2D eigenvalue weighted by Gasteiger charge is 2.30. The quantitative estimate of drug-likeness (QED) is 0.388. The average Bonchev–Trinajstić information content (AvgIpc) is 2.90. The number of hydrogen-bond donors (Lipinski definition) is 1. The van der Waals surface area contributed by atoms with E-state index in [1.165, 1.54) is 14.2 Å². The van der Waals surface area contributed by atoms with Crippen molar-refractivity contribution in [3.05, 3.63) is 88.9 Å². The molecule has 0 aliphatic heterocycles. The molecule has 0 heterocycles. The Bertz CT molecular complexity index is 1120. The fourth-order valence-corrected chi connectivity index (χ4v) is 3.85. The van der Waals surface area contributed by atoms with Gasteiger partial charge >= 0.3 is 0 Å². The largest absolute Gasteiger partial charge is 0.496 e. The van der Waals surface area contributed by atoms with E-state index in [2.05, 4.69) is 5.32 Å². The zero-order valence-corrected chi connectivity index (χ0v) is 21.5. The van der Waals surface area contributed by atoms with Crippen molar-refractivity contribution in [1.29, 1.82) is 0 Å². The zero-order valence-electron chi connectivity index (χ0n) is 20.7. The molecular formula is C28H31ClN2O5. The standard InChI is InChI=1S/C28H31ClN2O5/c1-4-30-28(33)26(14-20-8-6-5-7-9-20)31(18-21-10-12-22(29)13-11-21)27(32)19-36-25-16-23(34-2)15-24(17-25)35-3/h5-13,15-17,26H,4,14,18-19H2,1-3H3,(H,30,33). The van der Waals surface area contributed by atoms with Crippen LogP contribution in [0.25, 0.3) is 0 Å². The van der Waals surface area contributed by atoms with Crippen molar-refractivity contribution in [2.45, 2.75) is 25.9 Å². The number of nitrogens with zero attached hydrogens (tertiary/aromatic N) is 1. The van der Waals surface area contributed by atoms with Crippen LogP contribution in [0.4, 0.5) is 0 Å². The Morgan fingerprint density at radius 1 is 0.889 bits per heavy atom. The Hall–Kier alpha value is -3.71. The zero-order chi connectivity index (χ0) is 25.9. The number of halogens is 1. The van der Waals surface area contributed by atoms with Gasteiger partial charge in [0.1, 0.15) is 23.3 Å². The van der Waals surface area contributed by atoms with Crippen LogP contribution in [0, 0.1) is 0 Å². The Morgan fingerprint density at radius 2 is 1.50 bits per heavy atom. The van der Waals surface area contributed by atoms with Crippen molar-refractivity contribution in [2.75, 3.05) is 27.4 Å². The molecule has 0 saturated heterocycles. The highest BCUT2D eigenvalue weighted by Crippen LogP contribution is 2.27. The number of ether oxygens (including phenoxy) is 3. The van der Waals surface area contributed by atoms with E-state index in [4.69, 9.17) is 25.8 Å². The summed E-state index contributed by atoms with van der Waals surface area (Å²) in [7, 11) is 3.08. The molecule has 0 spiro atoms. The van der Waals surface area contributed by atoms with Crippen LogP contribution in [-0.4, -0.2) is 50.1 Å². The normalized spacial score (nSPS) is 11.3. The van der Waals surface area contributed by atoms with E-state index in [0.29, 0.717) is 35.2 Å². The number of carbonyl (C=O) groups is 2. The van der Waals surface area contributed by atoms with Crippen LogP contribution < -0.4 is 19.5 Å². The van der Waals surface area contributed by atoms with Crippen LogP contribution in [0.2, 0.25) is 5.02 Å². The van der Waals surface area contributed by atoms with Gasteiger partial charge in [-0.3, -0.25) is 9.59 Å². The molecule has 3 rings (SSSR count). The summed E-state index contributed by atoms with van der Waals surface area (Å²) in [5, 5.41) is 3.47. The van der Waals surface area contributed by atoms with Crippen LogP contribution in [0.1, 0.15) is 18.1 Å². The fourth-order valence-electron chi connectivity index (χ4n) is 3.73. The molecule has 1 atom stereocenters. The molecule has 7 nitrogen and oxygen atoms in total. The minimum atomic E-state index is -0.737. The molecule has 190 valence electrons. The number of benzene rings is 3. The lowest BCUT2D eigenvalue weighted by Gasteiger charge is -2.31. The van der Waals surface area contributed by atoms with E-state index >= 15 is 0 Å². The van der Waals surface area contributed by atoms with Gasteiger partial charge in [0, 0.05) is 42.7 Å². The summed E-state index contributed by atoms with van der Waals surface area (Å²) < 4.78 is 16.4. The Morgan fingerprint density at radius 3 is 2.08 bits per heavy atom. The Kier molecular flexibility index (Phi) is 10.0. The molecule has 2 amide bonds. The molecule has 0 bridgehead atoms. The Balaban J connectivity index is 1.89. The first-order valence-corrected chi connectivity index (χ1v) is 12.0. The number of hydrogen-bond acceptors (Lipinski definition) is 5. The van der Waals surface area contributed by atoms with E-state index in [-0.39, 0.29) is 25.0 Å². The lowest BCUT2D eigenvalue weighted by Crippen LogP contribution is -2.51. The van der Waals surface area contributed by atoms with Crippen molar-refractivity contribution < 1.29 is 23.8 Å². The molecule has 0 saturated carbocycles. The van der Waals surface area contributed by atoms with Crippen molar-refractivity contribution in [3.8, 4) is 17.2 Å². The molecule has 0 aromatic heterocycles. The summed E-state index contributed by atoms with van der Waals surface area (Å²) in [6, 6.07) is 21.1. The molecule has 1 unspecified atom stereocenters. The van der Waals surface area contributed by atoms with Gasteiger partial charge in [-0.2, -0.15) is 0 Å². The fraction of sp³-hybridized carbons (Fsp3) is 0.286. The smallest absolute Gasteiger partial charge is 0.261 e. The van der Waals surface area contributed by atoms with Crippen molar-refractivity contribution in [3.63, 3.8) is 0 Å². The van der Waals surface area contributed by atoms with Crippen LogP contribution in [-0.2, 0) is 22.6 Å². The van der Waals surface area contributed by atoms with Gasteiger partial charge in [-0.05, 0) is 30.2 Å². The van der Waals surface area contributed by atoms with E-state index < -0.39 is 6.04 Å². The predicted molar refractivity (Wildman–Crippen MR) is 140 cm³/mol. The van der Waals surface area contributed by atoms with Gasteiger partial charge in [0.25, 0.3) is 5.91 Å². The first-order chi connectivity index (χ1) is 17.4. The van der Waals surface area contributed by atoms with E-state index in [9.17, 15) is 9.59 Å². The van der Waals surface area contributed by atoms with Crippen molar-refractivity contribution in [2.24, 2.45) is 0 Å². The monoisotopic (exact) mass is 510 g/mol. The van der Waals surface area contributed by atoms with Gasteiger partial charge in [-0.15, -0.1) is 0 Å². The molecule has 1 N–H and O–H groups in total.